The molecule has 7 nitrogen and oxygen atoms in total. The highest BCUT2D eigenvalue weighted by atomic mass is 16.4. The zero-order chi connectivity index (χ0) is 21.6. The normalized spacial score (nSPS) is 11.4. The van der Waals surface area contributed by atoms with Gasteiger partial charge in [-0.05, 0) is 54.1 Å². The molecule has 0 atom stereocenters. The van der Waals surface area contributed by atoms with E-state index < -0.39 is 5.97 Å². The molecule has 4 aromatic rings. The van der Waals surface area contributed by atoms with Crippen LogP contribution >= 0.6 is 0 Å². The monoisotopic (exact) mass is 410 g/mol. The molecule has 0 bridgehead atoms. The Labute approximate surface area is 177 Å². The van der Waals surface area contributed by atoms with E-state index in [2.05, 4.69) is 20.5 Å². The number of carboxylic acids is 1. The molecule has 0 saturated carbocycles. The molecule has 2 aromatic heterocycles. The molecular weight excluding hydrogens is 392 g/mol. The number of H-pyrrole nitrogens is 1. The van der Waals surface area contributed by atoms with Crippen LogP contribution in [0.5, 0.6) is 0 Å². The second-order valence-corrected chi connectivity index (χ2v) is 6.70. The Hall–Kier alpha value is -4.52. The van der Waals surface area contributed by atoms with Crippen molar-refractivity contribution in [2.24, 2.45) is 0 Å². The summed E-state index contributed by atoms with van der Waals surface area (Å²) < 4.78 is 0. The van der Waals surface area contributed by atoms with Gasteiger partial charge in [0, 0.05) is 35.0 Å². The zero-order valence-electron chi connectivity index (χ0n) is 16.3. The molecule has 3 N–H and O–H groups in total. The maximum atomic E-state index is 12.5. The van der Waals surface area contributed by atoms with Gasteiger partial charge in [0.15, 0.2) is 0 Å². The van der Waals surface area contributed by atoms with E-state index >= 15 is 0 Å². The van der Waals surface area contributed by atoms with Gasteiger partial charge in [-0.25, -0.2) is 4.79 Å². The fourth-order valence-corrected chi connectivity index (χ4v) is 3.06. The number of hydrogen-bond acceptors (Lipinski definition) is 4. The van der Waals surface area contributed by atoms with E-state index in [4.69, 9.17) is 5.11 Å². The van der Waals surface area contributed by atoms with Crippen LogP contribution in [-0.4, -0.2) is 32.2 Å². The lowest BCUT2D eigenvalue weighted by atomic mass is 10.1. The number of rotatable bonds is 6. The standard InChI is InChI=1S/C24H18N4O3/c29-23(30)11-7-16-6-9-21-19(14-16)22(28-27-21)10-8-18-15-25-13-12-20(18)26-24(31)17-4-2-1-3-5-17/h1-15H,(H,27,28)(H,29,30)(H,25,26,31)/b10-8+,11-7+. The number of pyridine rings is 1. The Kier molecular flexibility index (Phi) is 5.66. The van der Waals surface area contributed by atoms with E-state index in [1.54, 1.807) is 30.6 Å². The second-order valence-electron chi connectivity index (χ2n) is 6.70. The minimum Gasteiger partial charge on any atom is -0.478 e. The number of fused-ring (bicyclic) bond motifs is 1. The molecule has 4 rings (SSSR count). The fourth-order valence-electron chi connectivity index (χ4n) is 3.06. The van der Waals surface area contributed by atoms with Crippen molar-refractivity contribution in [3.05, 3.63) is 95.5 Å². The van der Waals surface area contributed by atoms with Crippen molar-refractivity contribution in [3.8, 4) is 0 Å². The summed E-state index contributed by atoms with van der Waals surface area (Å²) in [7, 11) is 0. The molecule has 0 aliphatic carbocycles. The predicted octanol–water partition coefficient (Wildman–Crippen LogP) is 4.48. The van der Waals surface area contributed by atoms with Crippen molar-refractivity contribution in [3.63, 3.8) is 0 Å². The van der Waals surface area contributed by atoms with E-state index in [1.165, 1.54) is 6.08 Å². The van der Waals surface area contributed by atoms with Crippen LogP contribution in [0.2, 0.25) is 0 Å². The summed E-state index contributed by atoms with van der Waals surface area (Å²) in [4.78, 5) is 27.4. The topological polar surface area (TPSA) is 108 Å². The van der Waals surface area contributed by atoms with E-state index in [-0.39, 0.29) is 5.91 Å². The second kappa shape index (κ2) is 8.87. The summed E-state index contributed by atoms with van der Waals surface area (Å²) in [5, 5.41) is 19.9. The molecule has 0 radical (unpaired) electrons. The third-order valence-corrected chi connectivity index (χ3v) is 4.59. The Morgan fingerprint density at radius 1 is 1.00 bits per heavy atom. The highest BCUT2D eigenvalue weighted by Gasteiger charge is 2.08. The quantitative estimate of drug-likeness (QED) is 0.406. The van der Waals surface area contributed by atoms with Gasteiger partial charge in [-0.3, -0.25) is 14.9 Å². The van der Waals surface area contributed by atoms with E-state index in [9.17, 15) is 9.59 Å². The van der Waals surface area contributed by atoms with Gasteiger partial charge >= 0.3 is 5.97 Å². The zero-order valence-corrected chi connectivity index (χ0v) is 16.3. The lowest BCUT2D eigenvalue weighted by molar-refractivity contribution is -0.131. The number of nitrogens with zero attached hydrogens (tertiary/aromatic N) is 2. The molecule has 0 aliphatic heterocycles. The first kappa shape index (κ1) is 19.8. The summed E-state index contributed by atoms with van der Waals surface area (Å²) in [6.07, 6.45) is 9.53. The molecule has 0 saturated heterocycles. The molecule has 31 heavy (non-hydrogen) atoms. The van der Waals surface area contributed by atoms with Gasteiger partial charge in [-0.1, -0.05) is 24.3 Å². The maximum absolute atomic E-state index is 12.5. The average molecular weight is 410 g/mol. The Morgan fingerprint density at radius 3 is 2.65 bits per heavy atom. The van der Waals surface area contributed by atoms with Crippen LogP contribution in [0.1, 0.15) is 27.2 Å². The molecule has 2 aromatic carbocycles. The van der Waals surface area contributed by atoms with Crippen LogP contribution in [0.25, 0.3) is 29.1 Å². The van der Waals surface area contributed by atoms with Gasteiger partial charge in [-0.2, -0.15) is 5.10 Å². The van der Waals surface area contributed by atoms with Gasteiger partial charge < -0.3 is 10.4 Å². The number of carboxylic acid groups (broad SMARTS) is 1. The van der Waals surface area contributed by atoms with Crippen molar-refractivity contribution < 1.29 is 14.7 Å². The lowest BCUT2D eigenvalue weighted by Crippen LogP contribution is -2.12. The van der Waals surface area contributed by atoms with Gasteiger partial charge in [-0.15, -0.1) is 0 Å². The van der Waals surface area contributed by atoms with Gasteiger partial charge in [0.1, 0.15) is 0 Å². The fraction of sp³-hybridized carbons (Fsp3) is 0. The SMILES string of the molecule is O=C(O)/C=C/c1ccc2[nH]nc(/C=C/c3cnccc3NC(=O)c3ccccc3)c2c1. The molecule has 1 amide bonds. The number of carbonyl (C=O) groups is 2. The number of hydrogen-bond donors (Lipinski definition) is 3. The number of aromatic amines is 1. The highest BCUT2D eigenvalue weighted by Crippen LogP contribution is 2.22. The number of nitrogens with one attached hydrogen (secondary N) is 2. The third-order valence-electron chi connectivity index (χ3n) is 4.59. The lowest BCUT2D eigenvalue weighted by Gasteiger charge is -2.08. The minimum atomic E-state index is -1.01. The van der Waals surface area contributed by atoms with Gasteiger partial charge in [0.2, 0.25) is 0 Å². The van der Waals surface area contributed by atoms with Crippen molar-refractivity contribution >= 4 is 46.7 Å². The number of carbonyl (C=O) groups excluding carboxylic acids is 1. The smallest absolute Gasteiger partial charge is 0.328 e. The van der Waals surface area contributed by atoms with Crippen LogP contribution in [-0.2, 0) is 4.79 Å². The number of amides is 1. The Bertz CT molecular complexity index is 1310. The molecule has 0 fully saturated rings. The van der Waals surface area contributed by atoms with Gasteiger partial charge in [0.25, 0.3) is 5.91 Å². The van der Waals surface area contributed by atoms with Crippen LogP contribution < -0.4 is 5.32 Å². The molecule has 0 spiro atoms. The van der Waals surface area contributed by atoms with Crippen molar-refractivity contribution in [1.82, 2.24) is 15.2 Å². The third kappa shape index (κ3) is 4.73. The van der Waals surface area contributed by atoms with Crippen LogP contribution in [0.3, 0.4) is 0 Å². The highest BCUT2D eigenvalue weighted by molar-refractivity contribution is 6.05. The Morgan fingerprint density at radius 2 is 1.84 bits per heavy atom. The van der Waals surface area contributed by atoms with E-state index in [1.807, 2.05) is 48.6 Å². The molecule has 152 valence electrons. The van der Waals surface area contributed by atoms with Gasteiger partial charge in [0.05, 0.1) is 16.9 Å². The summed E-state index contributed by atoms with van der Waals surface area (Å²) >= 11 is 0. The minimum absolute atomic E-state index is 0.207. The molecular formula is C24H18N4O3. The summed E-state index contributed by atoms with van der Waals surface area (Å²) in [5.41, 5.74) is 4.19. The summed E-state index contributed by atoms with van der Waals surface area (Å²) in [5.74, 6) is -1.21. The summed E-state index contributed by atoms with van der Waals surface area (Å²) in [6.45, 7) is 0. The van der Waals surface area contributed by atoms with Crippen molar-refractivity contribution in [1.29, 1.82) is 0 Å². The first-order valence-corrected chi connectivity index (χ1v) is 9.48. The van der Waals surface area contributed by atoms with E-state index in [0.29, 0.717) is 16.9 Å². The van der Waals surface area contributed by atoms with E-state index in [0.717, 1.165) is 28.1 Å². The maximum Gasteiger partial charge on any atom is 0.328 e. The predicted molar refractivity (Wildman–Crippen MR) is 120 cm³/mol. The largest absolute Gasteiger partial charge is 0.478 e. The number of aromatic nitrogens is 3. The Balaban J connectivity index is 1.60. The van der Waals surface area contributed by atoms with Crippen LogP contribution in [0.15, 0.2) is 73.1 Å². The van der Waals surface area contributed by atoms with Crippen LogP contribution in [0, 0.1) is 0 Å². The molecule has 7 heteroatoms. The van der Waals surface area contributed by atoms with Crippen LogP contribution in [0.4, 0.5) is 5.69 Å². The molecule has 2 heterocycles. The first-order chi connectivity index (χ1) is 15.1. The molecule has 0 aliphatic rings. The molecule has 0 unspecified atom stereocenters. The van der Waals surface area contributed by atoms with Crippen molar-refractivity contribution in [2.45, 2.75) is 0 Å². The van der Waals surface area contributed by atoms with Crippen molar-refractivity contribution in [2.75, 3.05) is 5.32 Å². The number of aliphatic carboxylic acids is 1. The number of anilines is 1. The number of benzene rings is 2. The first-order valence-electron chi connectivity index (χ1n) is 9.48. The summed E-state index contributed by atoms with van der Waals surface area (Å²) in [6, 6.07) is 16.2. The average Bonchev–Trinajstić information content (AvgIpc) is 3.20.